The lowest BCUT2D eigenvalue weighted by molar-refractivity contribution is 0.260. The highest BCUT2D eigenvalue weighted by Gasteiger charge is 2.39. The van der Waals surface area contributed by atoms with E-state index in [1.807, 2.05) is 0 Å². The molecule has 0 aromatic carbocycles. The lowest BCUT2D eigenvalue weighted by atomic mass is 9.82. The van der Waals surface area contributed by atoms with Gasteiger partial charge in [-0.25, -0.2) is 0 Å². The summed E-state index contributed by atoms with van der Waals surface area (Å²) in [6.07, 6.45) is 5.56. The van der Waals surface area contributed by atoms with Gasteiger partial charge < -0.3 is 4.52 Å². The zero-order valence-corrected chi connectivity index (χ0v) is 11.6. The molecule has 0 N–H and O–H groups in total. The fraction of sp³-hybridized carbons (Fsp3) is 0.846. The molecule has 1 aromatic rings. The average Bonchev–Trinajstić information content (AvgIpc) is 2.84. The maximum atomic E-state index is 6.21. The first-order chi connectivity index (χ1) is 8.04. The summed E-state index contributed by atoms with van der Waals surface area (Å²) in [6, 6.07) is 0. The van der Waals surface area contributed by atoms with Crippen LogP contribution in [0.15, 0.2) is 4.52 Å². The molecular weight excluding hydrogens is 236 g/mol. The van der Waals surface area contributed by atoms with Crippen LogP contribution >= 0.6 is 11.6 Å². The van der Waals surface area contributed by atoms with E-state index in [1.165, 1.54) is 12.8 Å². The summed E-state index contributed by atoms with van der Waals surface area (Å²) in [5.74, 6) is 1.84. The van der Waals surface area contributed by atoms with E-state index >= 15 is 0 Å². The van der Waals surface area contributed by atoms with Crippen LogP contribution in [0, 0.1) is 5.41 Å². The van der Waals surface area contributed by atoms with Crippen LogP contribution in [0.2, 0.25) is 0 Å². The van der Waals surface area contributed by atoms with Crippen molar-refractivity contribution in [2.24, 2.45) is 5.41 Å². The summed E-state index contributed by atoms with van der Waals surface area (Å²) in [5.41, 5.74) is 0.274. The summed E-state index contributed by atoms with van der Waals surface area (Å²) < 4.78 is 5.41. The van der Waals surface area contributed by atoms with Crippen LogP contribution in [-0.2, 0) is 0 Å². The van der Waals surface area contributed by atoms with Crippen molar-refractivity contribution in [3.8, 4) is 0 Å². The number of halogens is 1. The van der Waals surface area contributed by atoms with E-state index in [4.69, 9.17) is 16.1 Å². The lowest BCUT2D eigenvalue weighted by Crippen LogP contribution is -2.15. The Morgan fingerprint density at radius 1 is 1.53 bits per heavy atom. The SMILES string of the molecule is CCCC(Cl)c1noc(C2CCCC2(C)C)n1. The molecule has 1 aliphatic rings. The van der Waals surface area contributed by atoms with Gasteiger partial charge in [-0.15, -0.1) is 11.6 Å². The van der Waals surface area contributed by atoms with Crippen LogP contribution in [0.1, 0.15) is 75.9 Å². The first-order valence-electron chi connectivity index (χ1n) is 6.52. The largest absolute Gasteiger partial charge is 0.339 e. The second kappa shape index (κ2) is 4.97. The molecule has 96 valence electrons. The predicted octanol–water partition coefficient (Wildman–Crippen LogP) is 4.44. The molecule has 0 amide bonds. The summed E-state index contributed by atoms with van der Waals surface area (Å²) in [4.78, 5) is 4.50. The summed E-state index contributed by atoms with van der Waals surface area (Å²) in [7, 11) is 0. The van der Waals surface area contributed by atoms with E-state index in [1.54, 1.807) is 0 Å². The Hall–Kier alpha value is -0.570. The van der Waals surface area contributed by atoms with Gasteiger partial charge in [-0.3, -0.25) is 0 Å². The number of alkyl halides is 1. The first kappa shape index (κ1) is 12.9. The topological polar surface area (TPSA) is 38.9 Å². The molecule has 1 fully saturated rings. The molecule has 0 aliphatic heterocycles. The van der Waals surface area contributed by atoms with Crippen molar-refractivity contribution in [2.75, 3.05) is 0 Å². The van der Waals surface area contributed by atoms with Gasteiger partial charge in [0.2, 0.25) is 5.89 Å². The number of nitrogens with zero attached hydrogens (tertiary/aromatic N) is 2. The number of rotatable bonds is 4. The van der Waals surface area contributed by atoms with Gasteiger partial charge in [0.05, 0.1) is 5.38 Å². The minimum atomic E-state index is -0.109. The van der Waals surface area contributed by atoms with Crippen LogP contribution in [0.4, 0.5) is 0 Å². The van der Waals surface area contributed by atoms with Crippen molar-refractivity contribution in [1.82, 2.24) is 10.1 Å². The third-order valence-electron chi connectivity index (χ3n) is 3.84. The van der Waals surface area contributed by atoms with E-state index in [0.29, 0.717) is 11.7 Å². The molecule has 0 bridgehead atoms. The molecule has 17 heavy (non-hydrogen) atoms. The minimum absolute atomic E-state index is 0.109. The summed E-state index contributed by atoms with van der Waals surface area (Å²) >= 11 is 6.21. The van der Waals surface area contributed by atoms with Gasteiger partial charge in [-0.05, 0) is 24.7 Å². The number of hydrogen-bond donors (Lipinski definition) is 0. The molecule has 1 aromatic heterocycles. The molecule has 0 spiro atoms. The molecule has 2 unspecified atom stereocenters. The highest BCUT2D eigenvalue weighted by molar-refractivity contribution is 6.20. The Morgan fingerprint density at radius 2 is 2.29 bits per heavy atom. The van der Waals surface area contributed by atoms with E-state index in [0.717, 1.165) is 25.2 Å². The van der Waals surface area contributed by atoms with Gasteiger partial charge in [0, 0.05) is 5.92 Å². The predicted molar refractivity (Wildman–Crippen MR) is 68.2 cm³/mol. The molecule has 4 heteroatoms. The van der Waals surface area contributed by atoms with Crippen LogP contribution in [0.5, 0.6) is 0 Å². The normalized spacial score (nSPS) is 25.1. The molecule has 1 aliphatic carbocycles. The van der Waals surface area contributed by atoms with E-state index < -0.39 is 0 Å². The standard InChI is InChI=1S/C13H21ClN2O/c1-4-6-10(14)11-15-12(17-16-11)9-7-5-8-13(9,2)3/h9-10H,4-8H2,1-3H3. The van der Waals surface area contributed by atoms with E-state index in [-0.39, 0.29) is 10.8 Å². The molecule has 0 saturated heterocycles. The van der Waals surface area contributed by atoms with Crippen molar-refractivity contribution >= 4 is 11.6 Å². The Bertz CT molecular complexity index is 375. The zero-order chi connectivity index (χ0) is 12.5. The molecule has 0 radical (unpaired) electrons. The molecule has 2 rings (SSSR count). The third kappa shape index (κ3) is 2.65. The fourth-order valence-electron chi connectivity index (χ4n) is 2.68. The van der Waals surface area contributed by atoms with Gasteiger partial charge in [0.25, 0.3) is 0 Å². The summed E-state index contributed by atoms with van der Waals surface area (Å²) in [6.45, 7) is 6.66. The Kier molecular flexibility index (Phi) is 3.76. The number of hydrogen-bond acceptors (Lipinski definition) is 3. The van der Waals surface area contributed by atoms with Gasteiger partial charge in [0.15, 0.2) is 5.82 Å². The Balaban J connectivity index is 2.13. The van der Waals surface area contributed by atoms with Crippen molar-refractivity contribution < 1.29 is 4.52 Å². The molecule has 1 saturated carbocycles. The lowest BCUT2D eigenvalue weighted by Gasteiger charge is -2.23. The average molecular weight is 257 g/mol. The minimum Gasteiger partial charge on any atom is -0.339 e. The second-order valence-corrected chi connectivity index (χ2v) is 6.21. The number of aromatic nitrogens is 2. The van der Waals surface area contributed by atoms with E-state index in [9.17, 15) is 0 Å². The van der Waals surface area contributed by atoms with Crippen molar-refractivity contribution in [3.05, 3.63) is 11.7 Å². The summed E-state index contributed by atoms with van der Waals surface area (Å²) in [5, 5.41) is 3.92. The Morgan fingerprint density at radius 3 is 2.88 bits per heavy atom. The van der Waals surface area contributed by atoms with Crippen molar-refractivity contribution in [1.29, 1.82) is 0 Å². The maximum absolute atomic E-state index is 6.21. The molecular formula is C13H21ClN2O. The van der Waals surface area contributed by atoms with Gasteiger partial charge in [-0.2, -0.15) is 4.98 Å². The van der Waals surface area contributed by atoms with E-state index in [2.05, 4.69) is 30.9 Å². The third-order valence-corrected chi connectivity index (χ3v) is 4.25. The van der Waals surface area contributed by atoms with Crippen molar-refractivity contribution in [2.45, 2.75) is 64.2 Å². The molecule has 3 nitrogen and oxygen atoms in total. The van der Waals surface area contributed by atoms with Gasteiger partial charge >= 0.3 is 0 Å². The quantitative estimate of drug-likeness (QED) is 0.748. The highest BCUT2D eigenvalue weighted by atomic mass is 35.5. The molecule has 2 atom stereocenters. The van der Waals surface area contributed by atoms with Crippen molar-refractivity contribution in [3.63, 3.8) is 0 Å². The monoisotopic (exact) mass is 256 g/mol. The maximum Gasteiger partial charge on any atom is 0.230 e. The first-order valence-corrected chi connectivity index (χ1v) is 6.96. The zero-order valence-electron chi connectivity index (χ0n) is 10.9. The van der Waals surface area contributed by atoms with Gasteiger partial charge in [-0.1, -0.05) is 38.8 Å². The van der Waals surface area contributed by atoms with Crippen LogP contribution < -0.4 is 0 Å². The van der Waals surface area contributed by atoms with Gasteiger partial charge in [0.1, 0.15) is 0 Å². The smallest absolute Gasteiger partial charge is 0.230 e. The van der Waals surface area contributed by atoms with Crippen LogP contribution in [0.3, 0.4) is 0 Å². The Labute approximate surface area is 108 Å². The highest BCUT2D eigenvalue weighted by Crippen LogP contribution is 2.48. The van der Waals surface area contributed by atoms with Crippen LogP contribution in [0.25, 0.3) is 0 Å². The second-order valence-electron chi connectivity index (χ2n) is 5.68. The van der Waals surface area contributed by atoms with Crippen LogP contribution in [-0.4, -0.2) is 10.1 Å². The fourth-order valence-corrected chi connectivity index (χ4v) is 2.99. The molecule has 1 heterocycles.